The number of aromatic nitrogens is 5. The molecule has 0 bridgehead atoms. The van der Waals surface area contributed by atoms with Crippen molar-refractivity contribution in [1.82, 2.24) is 29.3 Å². The highest BCUT2D eigenvalue weighted by Gasteiger charge is 2.39. The number of hydrogen-bond acceptors (Lipinski definition) is 7. The number of hydrogen-bond donors (Lipinski definition) is 1. The minimum Gasteiger partial charge on any atom is -0.444 e. The van der Waals surface area contributed by atoms with Gasteiger partial charge in [0, 0.05) is 43.3 Å². The first-order chi connectivity index (χ1) is 16.9. The molecule has 1 aliphatic rings. The quantitative estimate of drug-likeness (QED) is 0.485. The summed E-state index contributed by atoms with van der Waals surface area (Å²) in [6.07, 6.45) is 6.52. The van der Waals surface area contributed by atoms with Crippen molar-refractivity contribution < 1.29 is 14.3 Å². The molecule has 0 unspecified atom stereocenters. The zero-order chi connectivity index (χ0) is 26.4. The fourth-order valence-electron chi connectivity index (χ4n) is 4.64. The Hall–Kier alpha value is -2.95. The lowest BCUT2D eigenvalue weighted by Crippen LogP contribution is -2.52. The van der Waals surface area contributed by atoms with E-state index in [0.29, 0.717) is 41.7 Å². The third kappa shape index (κ3) is 5.25. The van der Waals surface area contributed by atoms with Gasteiger partial charge in [0.05, 0.1) is 28.6 Å². The molecule has 4 heterocycles. The molecule has 0 saturated carbocycles. The first kappa shape index (κ1) is 26.1. The molecule has 0 aliphatic carbocycles. The minimum absolute atomic E-state index is 0.0611. The van der Waals surface area contributed by atoms with Gasteiger partial charge in [0.25, 0.3) is 0 Å². The number of aryl methyl sites for hydroxylation is 1. The molecule has 3 aromatic heterocycles. The van der Waals surface area contributed by atoms with Crippen LogP contribution in [-0.4, -0.2) is 59.3 Å². The predicted octanol–water partition coefficient (Wildman–Crippen LogP) is 4.57. The van der Waals surface area contributed by atoms with Gasteiger partial charge >= 0.3 is 6.09 Å². The fraction of sp³-hybridized carbons (Fsp3) is 0.560. The van der Waals surface area contributed by atoms with Gasteiger partial charge in [-0.25, -0.2) is 9.78 Å². The van der Waals surface area contributed by atoms with Gasteiger partial charge in [0.1, 0.15) is 11.4 Å². The molecule has 36 heavy (non-hydrogen) atoms. The monoisotopic (exact) mass is 559 g/mol. The molecule has 2 atom stereocenters. The number of ether oxygens (including phenoxy) is 1. The number of amides is 1. The number of Topliss-reactive ketones (excluding diaryl/α,β-unsaturated/α-hetero) is 1. The van der Waals surface area contributed by atoms with Crippen LogP contribution in [0.15, 0.2) is 23.1 Å². The summed E-state index contributed by atoms with van der Waals surface area (Å²) in [6.45, 7) is 9.79. The number of ketones is 1. The smallest absolute Gasteiger partial charge is 0.410 e. The summed E-state index contributed by atoms with van der Waals surface area (Å²) in [5.41, 5.74) is 8.83. The lowest BCUT2D eigenvalue weighted by molar-refractivity contribution is -0.126. The molecule has 0 radical (unpaired) electrons. The first-order valence-electron chi connectivity index (χ1n) is 12.2. The molecular weight excluding hydrogens is 526 g/mol. The van der Waals surface area contributed by atoms with Crippen LogP contribution in [0, 0.1) is 5.92 Å². The molecular formula is C25H34BrN7O3. The number of carbonyl (C=O) groups excluding carboxylic acids is 2. The number of likely N-dealkylation sites (tertiary alicyclic amines) is 1. The lowest BCUT2D eigenvalue weighted by atomic mass is 9.86. The summed E-state index contributed by atoms with van der Waals surface area (Å²) in [5.74, 6) is 0.554. The fourth-order valence-corrected chi connectivity index (χ4v) is 5.22. The number of piperidine rings is 1. The second-order valence-electron chi connectivity index (χ2n) is 10.9. The number of rotatable bonds is 5. The summed E-state index contributed by atoms with van der Waals surface area (Å²) >= 11 is 3.62. The Labute approximate surface area is 219 Å². The first-order valence-corrected chi connectivity index (χ1v) is 13.0. The summed E-state index contributed by atoms with van der Waals surface area (Å²) in [5, 5.41) is 8.69. The van der Waals surface area contributed by atoms with Crippen LogP contribution in [0.1, 0.15) is 65.5 Å². The van der Waals surface area contributed by atoms with Crippen LogP contribution in [0.25, 0.3) is 16.8 Å². The van der Waals surface area contributed by atoms with Crippen LogP contribution in [0.2, 0.25) is 0 Å². The molecule has 3 aromatic rings. The average molecular weight is 560 g/mol. The van der Waals surface area contributed by atoms with Crippen molar-refractivity contribution in [3.63, 3.8) is 0 Å². The van der Waals surface area contributed by atoms with Gasteiger partial charge in [-0.2, -0.15) is 14.7 Å². The Bertz CT molecular complexity index is 1290. The van der Waals surface area contributed by atoms with E-state index in [1.54, 1.807) is 26.5 Å². The molecule has 194 valence electrons. The second kappa shape index (κ2) is 9.84. The Kier molecular flexibility index (Phi) is 7.14. The standard InChI is InChI=1S/C25H34BrN7O3/c1-14(2)9-19(34)18-8-7-15(13-32(18)24(35)36-25(3,4)5)21-20(26)22(27)33-23(30-21)17(11-29-33)16-10-28-31(6)12-16/h10-12,14-15,18H,7-9,13,27H2,1-6H3/t15-,18-/m0/s1. The minimum atomic E-state index is -0.673. The van der Waals surface area contributed by atoms with E-state index in [1.165, 1.54) is 0 Å². The number of nitrogen functional groups attached to an aromatic ring is 1. The normalized spacial score (nSPS) is 18.7. The largest absolute Gasteiger partial charge is 0.444 e. The molecule has 0 spiro atoms. The maximum Gasteiger partial charge on any atom is 0.410 e. The van der Waals surface area contributed by atoms with Crippen LogP contribution in [-0.2, 0) is 16.6 Å². The Morgan fingerprint density at radius 1 is 1.22 bits per heavy atom. The SMILES string of the molecule is CC(C)CC(=O)[C@@H]1CC[C@H](c2nc3c(-c4cnn(C)c4)cnn3c(N)c2Br)CN1C(=O)OC(C)(C)C. The third-order valence-corrected chi connectivity index (χ3v) is 7.05. The van der Waals surface area contributed by atoms with Crippen molar-refractivity contribution in [2.45, 2.75) is 71.4 Å². The highest BCUT2D eigenvalue weighted by atomic mass is 79.9. The summed E-state index contributed by atoms with van der Waals surface area (Å²) in [6, 6.07) is -0.515. The Balaban J connectivity index is 1.72. The van der Waals surface area contributed by atoms with Crippen LogP contribution < -0.4 is 5.73 Å². The van der Waals surface area contributed by atoms with E-state index in [-0.39, 0.29) is 17.6 Å². The summed E-state index contributed by atoms with van der Waals surface area (Å²) < 4.78 is 9.64. The zero-order valence-electron chi connectivity index (χ0n) is 21.7. The Morgan fingerprint density at radius 2 is 1.94 bits per heavy atom. The molecule has 1 saturated heterocycles. The van der Waals surface area contributed by atoms with Gasteiger partial charge in [0.2, 0.25) is 0 Å². The van der Waals surface area contributed by atoms with Crippen molar-refractivity contribution in [2.24, 2.45) is 13.0 Å². The molecule has 1 amide bonds. The number of halogens is 1. The molecule has 11 heteroatoms. The third-order valence-electron chi connectivity index (χ3n) is 6.24. The number of carbonyl (C=O) groups is 2. The van der Waals surface area contributed by atoms with E-state index in [9.17, 15) is 9.59 Å². The summed E-state index contributed by atoms with van der Waals surface area (Å²) in [7, 11) is 1.85. The van der Waals surface area contributed by atoms with Gasteiger partial charge in [-0.1, -0.05) is 13.8 Å². The lowest BCUT2D eigenvalue weighted by Gasteiger charge is -2.39. The number of fused-ring (bicyclic) bond motifs is 1. The second-order valence-corrected chi connectivity index (χ2v) is 11.7. The van der Waals surface area contributed by atoms with Gasteiger partial charge in [0.15, 0.2) is 11.4 Å². The maximum atomic E-state index is 13.2. The van der Waals surface area contributed by atoms with E-state index in [0.717, 1.165) is 16.8 Å². The predicted molar refractivity (Wildman–Crippen MR) is 140 cm³/mol. The van der Waals surface area contributed by atoms with Gasteiger partial charge < -0.3 is 10.5 Å². The van der Waals surface area contributed by atoms with E-state index in [4.69, 9.17) is 15.5 Å². The number of nitrogens with two attached hydrogens (primary N) is 1. The molecule has 10 nitrogen and oxygen atoms in total. The van der Waals surface area contributed by atoms with Crippen LogP contribution in [0.5, 0.6) is 0 Å². The number of nitrogens with zero attached hydrogens (tertiary/aromatic N) is 6. The average Bonchev–Trinajstić information content (AvgIpc) is 3.40. The van der Waals surface area contributed by atoms with Crippen molar-refractivity contribution in [2.75, 3.05) is 12.3 Å². The van der Waals surface area contributed by atoms with Crippen molar-refractivity contribution >= 4 is 39.3 Å². The molecule has 1 fully saturated rings. The number of anilines is 1. The van der Waals surface area contributed by atoms with Crippen LogP contribution in [0.3, 0.4) is 0 Å². The van der Waals surface area contributed by atoms with E-state index in [1.807, 2.05) is 47.9 Å². The van der Waals surface area contributed by atoms with Crippen molar-refractivity contribution in [3.8, 4) is 11.1 Å². The molecule has 2 N–H and O–H groups in total. The highest BCUT2D eigenvalue weighted by Crippen LogP contribution is 2.38. The molecule has 0 aromatic carbocycles. The Morgan fingerprint density at radius 3 is 2.56 bits per heavy atom. The van der Waals surface area contributed by atoms with E-state index in [2.05, 4.69) is 26.1 Å². The van der Waals surface area contributed by atoms with Crippen molar-refractivity contribution in [3.05, 3.63) is 28.8 Å². The van der Waals surface area contributed by atoms with E-state index >= 15 is 0 Å². The maximum absolute atomic E-state index is 13.2. The van der Waals surface area contributed by atoms with Gasteiger partial charge in [-0.05, 0) is 55.5 Å². The van der Waals surface area contributed by atoms with Gasteiger partial charge in [-0.15, -0.1) is 0 Å². The van der Waals surface area contributed by atoms with Crippen LogP contribution >= 0.6 is 15.9 Å². The summed E-state index contributed by atoms with van der Waals surface area (Å²) in [4.78, 5) is 32.9. The van der Waals surface area contributed by atoms with Gasteiger partial charge in [-0.3, -0.25) is 14.4 Å². The zero-order valence-corrected chi connectivity index (χ0v) is 23.2. The van der Waals surface area contributed by atoms with E-state index < -0.39 is 17.7 Å². The van der Waals surface area contributed by atoms with Crippen molar-refractivity contribution in [1.29, 1.82) is 0 Å². The highest BCUT2D eigenvalue weighted by molar-refractivity contribution is 9.10. The molecule has 1 aliphatic heterocycles. The topological polar surface area (TPSA) is 121 Å². The molecule has 4 rings (SSSR count). The van der Waals surface area contributed by atoms with Crippen LogP contribution in [0.4, 0.5) is 10.6 Å².